The Kier molecular flexibility index (Phi) is 4.95. The third-order valence-electron chi connectivity index (χ3n) is 2.56. The van der Waals surface area contributed by atoms with Crippen molar-refractivity contribution in [3.63, 3.8) is 0 Å². The summed E-state index contributed by atoms with van der Waals surface area (Å²) in [6.45, 7) is 2.92. The highest BCUT2D eigenvalue weighted by atomic mass is 32.1. The normalized spacial score (nSPS) is 10.1. The van der Waals surface area contributed by atoms with Crippen molar-refractivity contribution in [3.8, 4) is 5.75 Å². The Morgan fingerprint density at radius 3 is 2.80 bits per heavy atom. The molecule has 0 spiro atoms. The van der Waals surface area contributed by atoms with E-state index >= 15 is 0 Å². The number of carbonyl (C=O) groups is 1. The monoisotopic (exact) mass is 292 g/mol. The highest BCUT2D eigenvalue weighted by molar-refractivity contribution is 7.17. The van der Waals surface area contributed by atoms with Crippen LogP contribution in [0.15, 0.2) is 30.3 Å². The Labute approximate surface area is 121 Å². The molecular formula is C14H16N2O3S. The van der Waals surface area contributed by atoms with Crippen LogP contribution in [0.25, 0.3) is 0 Å². The molecule has 20 heavy (non-hydrogen) atoms. The number of nitrogens with zero attached hydrogens (tertiary/aromatic N) is 1. The largest absolute Gasteiger partial charge is 0.492 e. The lowest BCUT2D eigenvalue weighted by molar-refractivity contribution is 0.0605. The average Bonchev–Trinajstić information content (AvgIpc) is 2.85. The standard InChI is InChI=1S/C14H16N2O3S/c1-10-12(13(17)18-2)20-14(16-10)15-8-9-19-11-6-4-3-5-7-11/h3-7H,8-9H2,1-2H3,(H,15,16). The van der Waals surface area contributed by atoms with Crippen molar-refractivity contribution >= 4 is 22.4 Å². The molecule has 0 aliphatic rings. The number of thiazole rings is 1. The summed E-state index contributed by atoms with van der Waals surface area (Å²) in [5, 5.41) is 3.82. The lowest BCUT2D eigenvalue weighted by Crippen LogP contribution is -2.11. The number of rotatable bonds is 6. The first-order valence-electron chi connectivity index (χ1n) is 6.18. The number of esters is 1. The number of aromatic nitrogens is 1. The van der Waals surface area contributed by atoms with Crippen LogP contribution in [0.3, 0.4) is 0 Å². The van der Waals surface area contributed by atoms with Gasteiger partial charge in [-0.15, -0.1) is 0 Å². The molecule has 0 bridgehead atoms. The molecule has 0 unspecified atom stereocenters. The van der Waals surface area contributed by atoms with Crippen LogP contribution in [-0.4, -0.2) is 31.2 Å². The zero-order valence-electron chi connectivity index (χ0n) is 11.4. The first-order chi connectivity index (χ1) is 9.70. The molecule has 1 heterocycles. The molecule has 1 N–H and O–H groups in total. The quantitative estimate of drug-likeness (QED) is 0.655. The smallest absolute Gasteiger partial charge is 0.350 e. The van der Waals surface area contributed by atoms with Gasteiger partial charge in [0, 0.05) is 0 Å². The Morgan fingerprint density at radius 1 is 1.35 bits per heavy atom. The molecule has 0 aliphatic carbocycles. The number of nitrogens with one attached hydrogen (secondary N) is 1. The van der Waals surface area contributed by atoms with Crippen LogP contribution >= 0.6 is 11.3 Å². The van der Waals surface area contributed by atoms with Crippen LogP contribution in [0.5, 0.6) is 5.75 Å². The van der Waals surface area contributed by atoms with Gasteiger partial charge in [0.15, 0.2) is 5.13 Å². The number of methoxy groups -OCH3 is 1. The van der Waals surface area contributed by atoms with Crippen LogP contribution in [0.2, 0.25) is 0 Å². The van der Waals surface area contributed by atoms with E-state index in [1.54, 1.807) is 6.92 Å². The fourth-order valence-electron chi connectivity index (χ4n) is 1.60. The summed E-state index contributed by atoms with van der Waals surface area (Å²) in [6.07, 6.45) is 0. The molecule has 0 radical (unpaired) electrons. The minimum absolute atomic E-state index is 0.353. The fraction of sp³-hybridized carbons (Fsp3) is 0.286. The van der Waals surface area contributed by atoms with E-state index < -0.39 is 0 Å². The zero-order chi connectivity index (χ0) is 14.4. The number of hydrogen-bond acceptors (Lipinski definition) is 6. The van der Waals surface area contributed by atoms with E-state index in [-0.39, 0.29) is 5.97 Å². The first kappa shape index (κ1) is 14.3. The summed E-state index contributed by atoms with van der Waals surface area (Å²) < 4.78 is 10.2. The van der Waals surface area contributed by atoms with Crippen LogP contribution < -0.4 is 10.1 Å². The molecule has 0 fully saturated rings. The Hall–Kier alpha value is -2.08. The van der Waals surface area contributed by atoms with Crippen molar-refractivity contribution in [3.05, 3.63) is 40.9 Å². The molecule has 0 saturated carbocycles. The van der Waals surface area contributed by atoms with Gasteiger partial charge < -0.3 is 14.8 Å². The van der Waals surface area contributed by atoms with E-state index in [0.29, 0.717) is 28.9 Å². The van der Waals surface area contributed by atoms with Gasteiger partial charge in [0.25, 0.3) is 0 Å². The molecule has 0 amide bonds. The predicted molar refractivity (Wildman–Crippen MR) is 78.6 cm³/mol. The molecular weight excluding hydrogens is 276 g/mol. The summed E-state index contributed by atoms with van der Waals surface area (Å²) in [5.41, 5.74) is 0.674. The van der Waals surface area contributed by atoms with Crippen LogP contribution in [0.4, 0.5) is 5.13 Å². The van der Waals surface area contributed by atoms with Crippen molar-refractivity contribution in [1.82, 2.24) is 4.98 Å². The van der Waals surface area contributed by atoms with Crippen molar-refractivity contribution < 1.29 is 14.3 Å². The van der Waals surface area contributed by atoms with Crippen molar-refractivity contribution in [1.29, 1.82) is 0 Å². The second-order valence-electron chi connectivity index (χ2n) is 4.01. The molecule has 2 rings (SSSR count). The number of hydrogen-bond donors (Lipinski definition) is 1. The van der Waals surface area contributed by atoms with Crippen molar-refractivity contribution in [2.75, 3.05) is 25.6 Å². The van der Waals surface area contributed by atoms with Gasteiger partial charge in [0.1, 0.15) is 17.2 Å². The second-order valence-corrected chi connectivity index (χ2v) is 5.01. The highest BCUT2D eigenvalue weighted by Gasteiger charge is 2.15. The molecule has 2 aromatic rings. The number of anilines is 1. The fourth-order valence-corrected chi connectivity index (χ4v) is 2.51. The van der Waals surface area contributed by atoms with E-state index in [2.05, 4.69) is 10.3 Å². The van der Waals surface area contributed by atoms with Gasteiger partial charge >= 0.3 is 5.97 Å². The summed E-state index contributed by atoms with van der Waals surface area (Å²) in [5.74, 6) is 0.480. The van der Waals surface area contributed by atoms with Crippen molar-refractivity contribution in [2.24, 2.45) is 0 Å². The van der Waals surface area contributed by atoms with E-state index in [0.717, 1.165) is 5.75 Å². The molecule has 1 aromatic heterocycles. The third-order valence-corrected chi connectivity index (χ3v) is 3.65. The number of ether oxygens (including phenoxy) is 2. The number of aryl methyl sites for hydroxylation is 1. The van der Waals surface area contributed by atoms with E-state index in [1.807, 2.05) is 30.3 Å². The predicted octanol–water partition coefficient (Wildman–Crippen LogP) is 2.73. The van der Waals surface area contributed by atoms with E-state index in [9.17, 15) is 4.79 Å². The van der Waals surface area contributed by atoms with Gasteiger partial charge in [-0.3, -0.25) is 0 Å². The average molecular weight is 292 g/mol. The number of benzene rings is 1. The first-order valence-corrected chi connectivity index (χ1v) is 7.00. The Bertz CT molecular complexity index is 569. The number of carbonyl (C=O) groups excluding carboxylic acids is 1. The SMILES string of the molecule is COC(=O)c1sc(NCCOc2ccccc2)nc1C. The minimum Gasteiger partial charge on any atom is -0.492 e. The van der Waals surface area contributed by atoms with Crippen LogP contribution in [-0.2, 0) is 4.74 Å². The molecule has 106 valence electrons. The second kappa shape index (κ2) is 6.91. The van der Waals surface area contributed by atoms with Gasteiger partial charge in [0.05, 0.1) is 19.3 Å². The molecule has 0 saturated heterocycles. The summed E-state index contributed by atoms with van der Waals surface area (Å²) in [7, 11) is 1.36. The summed E-state index contributed by atoms with van der Waals surface area (Å²) in [6, 6.07) is 9.61. The lowest BCUT2D eigenvalue weighted by atomic mass is 10.3. The van der Waals surface area contributed by atoms with Crippen LogP contribution in [0, 0.1) is 6.92 Å². The molecule has 0 atom stereocenters. The maximum absolute atomic E-state index is 11.5. The van der Waals surface area contributed by atoms with Gasteiger partial charge in [-0.25, -0.2) is 9.78 Å². The minimum atomic E-state index is -0.353. The lowest BCUT2D eigenvalue weighted by Gasteiger charge is -2.06. The molecule has 5 nitrogen and oxygen atoms in total. The van der Waals surface area contributed by atoms with Gasteiger partial charge in [-0.2, -0.15) is 0 Å². The molecule has 0 aliphatic heterocycles. The van der Waals surface area contributed by atoms with Gasteiger partial charge in [-0.1, -0.05) is 29.5 Å². The van der Waals surface area contributed by atoms with E-state index in [1.165, 1.54) is 18.4 Å². The van der Waals surface area contributed by atoms with Crippen LogP contribution in [0.1, 0.15) is 15.4 Å². The maximum atomic E-state index is 11.5. The highest BCUT2D eigenvalue weighted by Crippen LogP contribution is 2.22. The number of para-hydroxylation sites is 1. The topological polar surface area (TPSA) is 60.5 Å². The Morgan fingerprint density at radius 2 is 2.10 bits per heavy atom. The summed E-state index contributed by atoms with van der Waals surface area (Å²) in [4.78, 5) is 16.3. The maximum Gasteiger partial charge on any atom is 0.350 e. The Balaban J connectivity index is 1.81. The van der Waals surface area contributed by atoms with E-state index in [4.69, 9.17) is 9.47 Å². The van der Waals surface area contributed by atoms with Crippen molar-refractivity contribution in [2.45, 2.75) is 6.92 Å². The van der Waals surface area contributed by atoms with Gasteiger partial charge in [0.2, 0.25) is 0 Å². The third kappa shape index (κ3) is 3.71. The van der Waals surface area contributed by atoms with Gasteiger partial charge in [-0.05, 0) is 19.1 Å². The molecule has 6 heteroatoms. The zero-order valence-corrected chi connectivity index (χ0v) is 12.2. The summed E-state index contributed by atoms with van der Waals surface area (Å²) >= 11 is 1.29. The molecule has 1 aromatic carbocycles.